The summed E-state index contributed by atoms with van der Waals surface area (Å²) in [7, 11) is 1.55. The summed E-state index contributed by atoms with van der Waals surface area (Å²) in [5.41, 5.74) is 6.00. The number of rotatable bonds is 8. The Hall–Kier alpha value is -1.75. The number of amides is 1. The SMILES string of the molecule is CCCCN(CC(N)=O)Cc1ccc(OC)cc1O. The van der Waals surface area contributed by atoms with Crippen LogP contribution >= 0.6 is 0 Å². The Kier molecular flexibility index (Phi) is 6.15. The summed E-state index contributed by atoms with van der Waals surface area (Å²) in [4.78, 5) is 13.0. The Morgan fingerprint density at radius 1 is 1.47 bits per heavy atom. The lowest BCUT2D eigenvalue weighted by molar-refractivity contribution is -0.119. The minimum Gasteiger partial charge on any atom is -0.507 e. The maximum absolute atomic E-state index is 11.0. The van der Waals surface area contributed by atoms with Gasteiger partial charge in [0.1, 0.15) is 11.5 Å². The second-order valence-electron chi connectivity index (χ2n) is 4.53. The van der Waals surface area contributed by atoms with E-state index in [4.69, 9.17) is 10.5 Å². The number of carbonyl (C=O) groups excluding carboxylic acids is 1. The fourth-order valence-electron chi connectivity index (χ4n) is 1.86. The van der Waals surface area contributed by atoms with Gasteiger partial charge in [-0.3, -0.25) is 9.69 Å². The van der Waals surface area contributed by atoms with Gasteiger partial charge in [-0.15, -0.1) is 0 Å². The molecule has 0 radical (unpaired) electrons. The number of phenolic OH excluding ortho intramolecular Hbond substituents is 1. The molecule has 0 heterocycles. The van der Waals surface area contributed by atoms with Crippen molar-refractivity contribution in [3.63, 3.8) is 0 Å². The zero-order valence-electron chi connectivity index (χ0n) is 11.6. The van der Waals surface area contributed by atoms with Crippen LogP contribution in [0.5, 0.6) is 11.5 Å². The van der Waals surface area contributed by atoms with E-state index in [1.54, 1.807) is 25.3 Å². The zero-order chi connectivity index (χ0) is 14.3. The van der Waals surface area contributed by atoms with Crippen LogP contribution in [0.25, 0.3) is 0 Å². The number of hydrogen-bond donors (Lipinski definition) is 2. The van der Waals surface area contributed by atoms with Gasteiger partial charge in [0, 0.05) is 18.2 Å². The molecular weight excluding hydrogens is 244 g/mol. The molecule has 0 fully saturated rings. The topological polar surface area (TPSA) is 75.8 Å². The Morgan fingerprint density at radius 2 is 2.21 bits per heavy atom. The van der Waals surface area contributed by atoms with Gasteiger partial charge < -0.3 is 15.6 Å². The average molecular weight is 266 g/mol. The molecule has 0 aliphatic rings. The van der Waals surface area contributed by atoms with Crippen LogP contribution in [0.1, 0.15) is 25.3 Å². The Balaban J connectivity index is 2.74. The Labute approximate surface area is 114 Å². The molecule has 1 aromatic rings. The van der Waals surface area contributed by atoms with Crippen molar-refractivity contribution in [1.82, 2.24) is 4.90 Å². The van der Waals surface area contributed by atoms with Crippen molar-refractivity contribution in [2.24, 2.45) is 5.73 Å². The highest BCUT2D eigenvalue weighted by atomic mass is 16.5. The number of nitrogens with zero attached hydrogens (tertiary/aromatic N) is 1. The van der Waals surface area contributed by atoms with Gasteiger partial charge in [-0.2, -0.15) is 0 Å². The third-order valence-electron chi connectivity index (χ3n) is 2.89. The number of ether oxygens (including phenoxy) is 1. The summed E-state index contributed by atoms with van der Waals surface area (Å²) in [5.74, 6) is 0.422. The fraction of sp³-hybridized carbons (Fsp3) is 0.500. The standard InChI is InChI=1S/C14H22N2O3/c1-3-4-7-16(10-14(15)18)9-11-5-6-12(19-2)8-13(11)17/h5-6,8,17H,3-4,7,9-10H2,1-2H3,(H2,15,18). The molecule has 5 heteroatoms. The van der Waals surface area contributed by atoms with Crippen LogP contribution in [0.3, 0.4) is 0 Å². The van der Waals surface area contributed by atoms with E-state index in [0.717, 1.165) is 24.9 Å². The third kappa shape index (κ3) is 5.18. The lowest BCUT2D eigenvalue weighted by Crippen LogP contribution is -2.34. The van der Waals surface area contributed by atoms with Crippen molar-refractivity contribution < 1.29 is 14.6 Å². The molecule has 0 bridgehead atoms. The van der Waals surface area contributed by atoms with Crippen molar-refractivity contribution >= 4 is 5.91 Å². The molecule has 106 valence electrons. The van der Waals surface area contributed by atoms with Gasteiger partial charge >= 0.3 is 0 Å². The van der Waals surface area contributed by atoms with Crippen LogP contribution < -0.4 is 10.5 Å². The van der Waals surface area contributed by atoms with E-state index in [0.29, 0.717) is 12.3 Å². The molecule has 0 aromatic heterocycles. The van der Waals surface area contributed by atoms with E-state index in [-0.39, 0.29) is 18.2 Å². The summed E-state index contributed by atoms with van der Waals surface area (Å²) < 4.78 is 5.04. The lowest BCUT2D eigenvalue weighted by Gasteiger charge is -2.21. The molecule has 1 amide bonds. The minimum atomic E-state index is -0.357. The van der Waals surface area contributed by atoms with E-state index in [9.17, 15) is 9.90 Å². The average Bonchev–Trinajstić information content (AvgIpc) is 2.37. The predicted octanol–water partition coefficient (Wildman–Crippen LogP) is 1.49. The first-order valence-electron chi connectivity index (χ1n) is 6.43. The van der Waals surface area contributed by atoms with Crippen LogP contribution in [0, 0.1) is 0 Å². The predicted molar refractivity (Wildman–Crippen MR) is 74.0 cm³/mol. The number of carbonyl (C=O) groups is 1. The lowest BCUT2D eigenvalue weighted by atomic mass is 10.1. The van der Waals surface area contributed by atoms with E-state index < -0.39 is 0 Å². The summed E-state index contributed by atoms with van der Waals surface area (Å²) >= 11 is 0. The molecule has 5 nitrogen and oxygen atoms in total. The molecule has 1 rings (SSSR count). The molecule has 0 aliphatic carbocycles. The highest BCUT2D eigenvalue weighted by Crippen LogP contribution is 2.24. The summed E-state index contributed by atoms with van der Waals surface area (Å²) in [6.07, 6.45) is 2.04. The molecular formula is C14H22N2O3. The maximum atomic E-state index is 11.0. The number of nitrogens with two attached hydrogens (primary N) is 1. The summed E-state index contributed by atoms with van der Waals surface area (Å²) in [6, 6.07) is 5.16. The quantitative estimate of drug-likeness (QED) is 0.747. The van der Waals surface area contributed by atoms with Crippen LogP contribution in [-0.4, -0.2) is 36.1 Å². The largest absolute Gasteiger partial charge is 0.507 e. The molecule has 1 aromatic carbocycles. The number of aromatic hydroxyl groups is 1. The number of phenols is 1. The number of hydrogen-bond acceptors (Lipinski definition) is 4. The minimum absolute atomic E-state index is 0.172. The molecule has 0 atom stereocenters. The normalized spacial score (nSPS) is 10.7. The van der Waals surface area contributed by atoms with Crippen molar-refractivity contribution in [3.05, 3.63) is 23.8 Å². The van der Waals surface area contributed by atoms with Crippen molar-refractivity contribution in [2.45, 2.75) is 26.3 Å². The van der Waals surface area contributed by atoms with Gasteiger partial charge in [-0.1, -0.05) is 19.4 Å². The fourth-order valence-corrected chi connectivity index (χ4v) is 1.86. The number of primary amides is 1. The van der Waals surface area contributed by atoms with Crippen molar-refractivity contribution in [2.75, 3.05) is 20.2 Å². The molecule has 0 saturated heterocycles. The summed E-state index contributed by atoms with van der Waals surface area (Å²) in [5, 5.41) is 9.91. The van der Waals surface area contributed by atoms with Gasteiger partial charge in [-0.25, -0.2) is 0 Å². The molecule has 3 N–H and O–H groups in total. The first-order valence-corrected chi connectivity index (χ1v) is 6.43. The maximum Gasteiger partial charge on any atom is 0.231 e. The van der Waals surface area contributed by atoms with Gasteiger partial charge in [0.15, 0.2) is 0 Å². The first kappa shape index (κ1) is 15.3. The number of methoxy groups -OCH3 is 1. The van der Waals surface area contributed by atoms with Crippen molar-refractivity contribution in [3.8, 4) is 11.5 Å². The molecule has 0 unspecified atom stereocenters. The molecule has 0 saturated carbocycles. The van der Waals surface area contributed by atoms with E-state index >= 15 is 0 Å². The van der Waals surface area contributed by atoms with Crippen LogP contribution in [0.2, 0.25) is 0 Å². The highest BCUT2D eigenvalue weighted by molar-refractivity contribution is 5.75. The number of benzene rings is 1. The smallest absolute Gasteiger partial charge is 0.231 e. The first-order chi connectivity index (χ1) is 9.06. The number of unbranched alkanes of at least 4 members (excludes halogenated alkanes) is 1. The van der Waals surface area contributed by atoms with E-state index in [1.165, 1.54) is 0 Å². The second kappa shape index (κ2) is 7.63. The molecule has 19 heavy (non-hydrogen) atoms. The van der Waals surface area contributed by atoms with E-state index in [1.807, 2.05) is 4.90 Å². The highest BCUT2D eigenvalue weighted by Gasteiger charge is 2.11. The van der Waals surface area contributed by atoms with Crippen LogP contribution in [0.4, 0.5) is 0 Å². The zero-order valence-corrected chi connectivity index (χ0v) is 11.6. The van der Waals surface area contributed by atoms with Gasteiger partial charge in [0.25, 0.3) is 0 Å². The van der Waals surface area contributed by atoms with Gasteiger partial charge in [0.05, 0.1) is 13.7 Å². The van der Waals surface area contributed by atoms with Crippen molar-refractivity contribution in [1.29, 1.82) is 0 Å². The Bertz CT molecular complexity index is 421. The monoisotopic (exact) mass is 266 g/mol. The summed E-state index contributed by atoms with van der Waals surface area (Å²) in [6.45, 7) is 3.57. The molecule has 0 aliphatic heterocycles. The van der Waals surface area contributed by atoms with Gasteiger partial charge in [0.2, 0.25) is 5.91 Å². The van der Waals surface area contributed by atoms with E-state index in [2.05, 4.69) is 6.92 Å². The Morgan fingerprint density at radius 3 is 2.74 bits per heavy atom. The van der Waals surface area contributed by atoms with Crippen LogP contribution in [-0.2, 0) is 11.3 Å². The second-order valence-corrected chi connectivity index (χ2v) is 4.53. The molecule has 0 spiro atoms. The third-order valence-corrected chi connectivity index (χ3v) is 2.89. The van der Waals surface area contributed by atoms with Crippen LogP contribution in [0.15, 0.2) is 18.2 Å². The van der Waals surface area contributed by atoms with Gasteiger partial charge in [-0.05, 0) is 19.0 Å².